The molecule has 0 unspecified atom stereocenters. The van der Waals surface area contributed by atoms with E-state index in [1.54, 1.807) is 0 Å². The molecule has 1 aliphatic rings. The van der Waals surface area contributed by atoms with Gasteiger partial charge in [0, 0.05) is 12.1 Å². The Hall–Kier alpha value is -1.53. The van der Waals surface area contributed by atoms with Gasteiger partial charge in [-0.3, -0.25) is 0 Å². The Balaban J connectivity index is 2.44. The van der Waals surface area contributed by atoms with E-state index in [-0.39, 0.29) is 5.69 Å². The molecule has 0 aromatic carbocycles. The number of rotatable bonds is 3. The van der Waals surface area contributed by atoms with Crippen LogP contribution in [0.2, 0.25) is 0 Å². The zero-order valence-electron chi connectivity index (χ0n) is 10.0. The number of carboxylic acid groups (broad SMARTS) is 1. The maximum absolute atomic E-state index is 11.2. The molecule has 0 saturated carbocycles. The van der Waals surface area contributed by atoms with Crippen LogP contribution in [0.1, 0.15) is 27.6 Å². The van der Waals surface area contributed by atoms with Crippen LogP contribution in [0.15, 0.2) is 0 Å². The van der Waals surface area contributed by atoms with Crippen LogP contribution in [0.3, 0.4) is 0 Å². The highest BCUT2D eigenvalue weighted by molar-refractivity contribution is 5.87. The summed E-state index contributed by atoms with van der Waals surface area (Å²) in [6.07, 6.45) is 0.680. The molecule has 2 heterocycles. The van der Waals surface area contributed by atoms with Crippen LogP contribution in [-0.2, 0) is 19.5 Å². The summed E-state index contributed by atoms with van der Waals surface area (Å²) >= 11 is 0. The molecule has 0 bridgehead atoms. The Morgan fingerprint density at radius 3 is 2.88 bits per heavy atom. The third-order valence-electron chi connectivity index (χ3n) is 2.64. The van der Waals surface area contributed by atoms with Gasteiger partial charge in [0.05, 0.1) is 12.2 Å². The van der Waals surface area contributed by atoms with Crippen molar-refractivity contribution in [3.05, 3.63) is 22.8 Å². The Kier molecular flexibility index (Phi) is 3.35. The van der Waals surface area contributed by atoms with Gasteiger partial charge in [0.25, 0.3) is 0 Å². The average Bonchev–Trinajstić information content (AvgIpc) is 2.27. The molecular weight excluding hydrogens is 220 g/mol. The predicted molar refractivity (Wildman–Crippen MR) is 61.8 cm³/mol. The Morgan fingerprint density at radius 1 is 1.47 bits per heavy atom. The van der Waals surface area contributed by atoms with Crippen LogP contribution in [0.25, 0.3) is 0 Å². The van der Waals surface area contributed by atoms with Gasteiger partial charge in [0.1, 0.15) is 5.82 Å². The van der Waals surface area contributed by atoms with E-state index in [1.807, 2.05) is 19.0 Å². The Morgan fingerprint density at radius 2 is 2.24 bits per heavy atom. The quantitative estimate of drug-likeness (QED) is 0.762. The summed E-state index contributed by atoms with van der Waals surface area (Å²) in [5, 5.41) is 12.4. The molecule has 0 spiro atoms. The van der Waals surface area contributed by atoms with Crippen molar-refractivity contribution in [2.75, 3.05) is 20.6 Å². The number of hydrogen-bond donors (Lipinski definition) is 2. The molecule has 0 amide bonds. The average molecular weight is 236 g/mol. The molecule has 1 aromatic rings. The first kappa shape index (κ1) is 11.9. The Bertz CT molecular complexity index is 445. The number of nitrogens with one attached hydrogen (secondary N) is 1. The fraction of sp³-hybridized carbons (Fsp3) is 0.545. The fourth-order valence-electron chi connectivity index (χ4n) is 1.94. The molecule has 92 valence electrons. The summed E-state index contributed by atoms with van der Waals surface area (Å²) in [6.45, 7) is 1.95. The van der Waals surface area contributed by atoms with E-state index in [0.717, 1.165) is 17.8 Å². The minimum absolute atomic E-state index is 0.161. The van der Waals surface area contributed by atoms with Crippen molar-refractivity contribution < 1.29 is 9.90 Å². The lowest BCUT2D eigenvalue weighted by Crippen LogP contribution is -2.29. The molecule has 17 heavy (non-hydrogen) atoms. The number of aromatic nitrogens is 2. The highest BCUT2D eigenvalue weighted by Crippen LogP contribution is 2.16. The molecule has 1 aromatic heterocycles. The first-order valence-electron chi connectivity index (χ1n) is 5.55. The van der Waals surface area contributed by atoms with Crippen molar-refractivity contribution in [2.45, 2.75) is 19.5 Å². The molecule has 0 fully saturated rings. The number of carbonyl (C=O) groups is 1. The summed E-state index contributed by atoms with van der Waals surface area (Å²) in [4.78, 5) is 21.7. The van der Waals surface area contributed by atoms with Gasteiger partial charge < -0.3 is 15.3 Å². The molecule has 6 heteroatoms. The monoisotopic (exact) mass is 236 g/mol. The molecule has 2 rings (SSSR count). The van der Waals surface area contributed by atoms with Crippen molar-refractivity contribution in [2.24, 2.45) is 0 Å². The number of aromatic carboxylic acids is 1. The summed E-state index contributed by atoms with van der Waals surface area (Å²) in [6, 6.07) is 0. The highest BCUT2D eigenvalue weighted by Gasteiger charge is 2.21. The first-order valence-corrected chi connectivity index (χ1v) is 5.55. The third kappa shape index (κ3) is 2.59. The lowest BCUT2D eigenvalue weighted by Gasteiger charge is -2.19. The van der Waals surface area contributed by atoms with Crippen molar-refractivity contribution >= 4 is 5.97 Å². The smallest absolute Gasteiger partial charge is 0.354 e. The van der Waals surface area contributed by atoms with Gasteiger partial charge in [-0.2, -0.15) is 0 Å². The largest absolute Gasteiger partial charge is 0.477 e. The van der Waals surface area contributed by atoms with Crippen molar-refractivity contribution in [3.8, 4) is 0 Å². The SMILES string of the molecule is CN(C)Cc1nc2c(c(C(=O)O)n1)CCNC2. The summed E-state index contributed by atoms with van der Waals surface area (Å²) in [7, 11) is 3.81. The standard InChI is InChI=1S/C11H16N4O2/c1-15(2)6-9-13-8-5-12-4-3-7(8)10(14-9)11(16)17/h12H,3-6H2,1-2H3,(H,16,17). The first-order chi connectivity index (χ1) is 8.08. The number of nitrogens with zero attached hydrogens (tertiary/aromatic N) is 3. The normalized spacial score (nSPS) is 14.8. The molecule has 0 atom stereocenters. The molecule has 0 radical (unpaired) electrons. The lowest BCUT2D eigenvalue weighted by molar-refractivity contribution is 0.0687. The fourth-order valence-corrected chi connectivity index (χ4v) is 1.94. The van der Waals surface area contributed by atoms with Gasteiger partial charge in [0.15, 0.2) is 5.69 Å². The van der Waals surface area contributed by atoms with Crippen molar-refractivity contribution in [3.63, 3.8) is 0 Å². The van der Waals surface area contributed by atoms with Crippen molar-refractivity contribution in [1.29, 1.82) is 0 Å². The van der Waals surface area contributed by atoms with Crippen LogP contribution >= 0.6 is 0 Å². The summed E-state index contributed by atoms with van der Waals surface area (Å²) in [5.74, 6) is -0.402. The zero-order valence-corrected chi connectivity index (χ0v) is 10.0. The minimum atomic E-state index is -0.967. The van der Waals surface area contributed by atoms with Crippen LogP contribution in [-0.4, -0.2) is 46.6 Å². The van der Waals surface area contributed by atoms with Gasteiger partial charge in [-0.1, -0.05) is 0 Å². The van der Waals surface area contributed by atoms with E-state index in [9.17, 15) is 9.90 Å². The van der Waals surface area contributed by atoms with E-state index in [0.29, 0.717) is 25.3 Å². The van der Waals surface area contributed by atoms with Gasteiger partial charge in [-0.25, -0.2) is 14.8 Å². The maximum Gasteiger partial charge on any atom is 0.354 e. The van der Waals surface area contributed by atoms with Crippen LogP contribution in [0, 0.1) is 0 Å². The van der Waals surface area contributed by atoms with Crippen LogP contribution < -0.4 is 5.32 Å². The topological polar surface area (TPSA) is 78.4 Å². The van der Waals surface area contributed by atoms with Gasteiger partial charge >= 0.3 is 5.97 Å². The second kappa shape index (κ2) is 4.77. The molecular formula is C11H16N4O2. The number of carboxylic acids is 1. The minimum Gasteiger partial charge on any atom is -0.477 e. The van der Waals surface area contributed by atoms with Crippen LogP contribution in [0.4, 0.5) is 0 Å². The second-order valence-corrected chi connectivity index (χ2v) is 4.38. The van der Waals surface area contributed by atoms with E-state index < -0.39 is 5.97 Å². The van der Waals surface area contributed by atoms with E-state index in [1.165, 1.54) is 0 Å². The van der Waals surface area contributed by atoms with Gasteiger partial charge in [0.2, 0.25) is 0 Å². The maximum atomic E-state index is 11.2. The number of fused-ring (bicyclic) bond motifs is 1. The predicted octanol–water partition coefficient (Wildman–Crippen LogP) is -0.118. The van der Waals surface area contributed by atoms with Crippen LogP contribution in [0.5, 0.6) is 0 Å². The van der Waals surface area contributed by atoms with E-state index >= 15 is 0 Å². The van der Waals surface area contributed by atoms with Gasteiger partial charge in [-0.05, 0) is 27.1 Å². The highest BCUT2D eigenvalue weighted by atomic mass is 16.4. The Labute approximate surface area is 99.7 Å². The van der Waals surface area contributed by atoms with Gasteiger partial charge in [-0.15, -0.1) is 0 Å². The number of hydrogen-bond acceptors (Lipinski definition) is 5. The molecule has 0 saturated heterocycles. The summed E-state index contributed by atoms with van der Waals surface area (Å²) < 4.78 is 0. The summed E-state index contributed by atoms with van der Waals surface area (Å²) in [5.41, 5.74) is 1.76. The third-order valence-corrected chi connectivity index (χ3v) is 2.64. The van der Waals surface area contributed by atoms with Crippen molar-refractivity contribution in [1.82, 2.24) is 20.2 Å². The second-order valence-electron chi connectivity index (χ2n) is 4.38. The molecule has 2 N–H and O–H groups in total. The zero-order chi connectivity index (χ0) is 12.4. The van der Waals surface area contributed by atoms with E-state index in [2.05, 4.69) is 15.3 Å². The molecule has 6 nitrogen and oxygen atoms in total. The van der Waals surface area contributed by atoms with E-state index in [4.69, 9.17) is 0 Å². The molecule has 1 aliphatic heterocycles. The lowest BCUT2D eigenvalue weighted by atomic mass is 10.0. The molecule has 0 aliphatic carbocycles.